The lowest BCUT2D eigenvalue weighted by Gasteiger charge is -2.19. The molecule has 0 amide bonds. The monoisotopic (exact) mass is 231 g/mol. The third kappa shape index (κ3) is 6.80. The first-order chi connectivity index (χ1) is 7.63. The van der Waals surface area contributed by atoms with E-state index in [2.05, 4.69) is 6.92 Å². The van der Waals surface area contributed by atoms with Crippen molar-refractivity contribution < 1.29 is 14.3 Å². The normalized spacial score (nSPS) is 14.5. The number of hydrogen-bond donors (Lipinski definition) is 1. The van der Waals surface area contributed by atoms with Gasteiger partial charge in [0.05, 0.1) is 12.7 Å². The summed E-state index contributed by atoms with van der Waals surface area (Å²) in [6, 6.07) is -0.672. The van der Waals surface area contributed by atoms with Crippen LogP contribution in [0.5, 0.6) is 0 Å². The Hall–Kier alpha value is -0.610. The Morgan fingerprint density at radius 2 is 1.75 bits per heavy atom. The molecule has 0 spiro atoms. The van der Waals surface area contributed by atoms with Gasteiger partial charge >= 0.3 is 5.97 Å². The average molecular weight is 231 g/mol. The van der Waals surface area contributed by atoms with Gasteiger partial charge in [-0.15, -0.1) is 0 Å². The van der Waals surface area contributed by atoms with Gasteiger partial charge in [-0.25, -0.2) is 0 Å². The summed E-state index contributed by atoms with van der Waals surface area (Å²) in [6.45, 7) is 7.04. The molecular formula is C12H25NO3. The number of nitrogens with two attached hydrogens (primary N) is 1. The molecule has 0 bridgehead atoms. The third-order valence-electron chi connectivity index (χ3n) is 2.40. The van der Waals surface area contributed by atoms with Crippen LogP contribution in [-0.4, -0.2) is 31.3 Å². The van der Waals surface area contributed by atoms with E-state index in [0.717, 1.165) is 25.7 Å². The Morgan fingerprint density at radius 1 is 1.19 bits per heavy atom. The smallest absolute Gasteiger partial charge is 0.325 e. The molecule has 0 aliphatic rings. The summed E-state index contributed by atoms with van der Waals surface area (Å²) < 4.78 is 10.5. The van der Waals surface area contributed by atoms with Crippen LogP contribution in [0.4, 0.5) is 0 Å². The molecule has 16 heavy (non-hydrogen) atoms. The topological polar surface area (TPSA) is 61.5 Å². The molecule has 0 aliphatic carbocycles. The van der Waals surface area contributed by atoms with E-state index in [1.807, 2.05) is 6.92 Å². The Morgan fingerprint density at radius 3 is 2.31 bits per heavy atom. The average Bonchev–Trinajstić information content (AvgIpc) is 2.28. The van der Waals surface area contributed by atoms with Crippen LogP contribution in [0.3, 0.4) is 0 Å². The molecular weight excluding hydrogens is 206 g/mol. The molecule has 2 N–H and O–H groups in total. The van der Waals surface area contributed by atoms with Crippen molar-refractivity contribution in [1.29, 1.82) is 0 Å². The number of hydrogen-bond acceptors (Lipinski definition) is 4. The molecule has 0 fully saturated rings. The van der Waals surface area contributed by atoms with Crippen molar-refractivity contribution in [2.24, 2.45) is 5.73 Å². The summed E-state index contributed by atoms with van der Waals surface area (Å²) in [5, 5.41) is 0. The summed E-state index contributed by atoms with van der Waals surface area (Å²) in [4.78, 5) is 11.5. The van der Waals surface area contributed by atoms with Crippen LogP contribution in [0, 0.1) is 0 Å². The predicted molar refractivity (Wildman–Crippen MR) is 64.2 cm³/mol. The van der Waals surface area contributed by atoms with Crippen molar-refractivity contribution in [2.45, 2.75) is 58.6 Å². The first-order valence-corrected chi connectivity index (χ1v) is 6.17. The van der Waals surface area contributed by atoms with Crippen molar-refractivity contribution in [3.63, 3.8) is 0 Å². The van der Waals surface area contributed by atoms with Crippen LogP contribution in [0.25, 0.3) is 0 Å². The SMILES string of the molecule is CCCCOC(=O)[C@@H](N)[C@@H](C)OCCCC. The second kappa shape index (κ2) is 9.60. The van der Waals surface area contributed by atoms with E-state index in [4.69, 9.17) is 15.2 Å². The summed E-state index contributed by atoms with van der Waals surface area (Å²) in [5.74, 6) is -0.363. The maximum absolute atomic E-state index is 11.5. The van der Waals surface area contributed by atoms with Crippen LogP contribution in [0.15, 0.2) is 0 Å². The first kappa shape index (κ1) is 15.4. The lowest BCUT2D eigenvalue weighted by molar-refractivity contribution is -0.148. The highest BCUT2D eigenvalue weighted by molar-refractivity contribution is 5.76. The lowest BCUT2D eigenvalue weighted by atomic mass is 10.2. The number of carbonyl (C=O) groups excluding carboxylic acids is 1. The Kier molecular flexibility index (Phi) is 9.24. The van der Waals surface area contributed by atoms with E-state index < -0.39 is 6.04 Å². The first-order valence-electron chi connectivity index (χ1n) is 6.17. The van der Waals surface area contributed by atoms with Crippen molar-refractivity contribution >= 4 is 5.97 Å². The number of carbonyl (C=O) groups is 1. The lowest BCUT2D eigenvalue weighted by Crippen LogP contribution is -2.43. The highest BCUT2D eigenvalue weighted by Gasteiger charge is 2.22. The fourth-order valence-corrected chi connectivity index (χ4v) is 1.12. The van der Waals surface area contributed by atoms with E-state index in [0.29, 0.717) is 13.2 Å². The molecule has 0 radical (unpaired) electrons. The van der Waals surface area contributed by atoms with E-state index in [1.165, 1.54) is 0 Å². The molecule has 0 heterocycles. The fourth-order valence-electron chi connectivity index (χ4n) is 1.12. The molecule has 0 rings (SSSR count). The molecule has 0 aliphatic heterocycles. The maximum atomic E-state index is 11.5. The van der Waals surface area contributed by atoms with E-state index >= 15 is 0 Å². The highest BCUT2D eigenvalue weighted by atomic mass is 16.5. The quantitative estimate of drug-likeness (QED) is 0.486. The molecule has 0 unspecified atom stereocenters. The zero-order valence-corrected chi connectivity index (χ0v) is 10.7. The minimum Gasteiger partial charge on any atom is -0.464 e. The number of rotatable bonds is 9. The number of esters is 1. The number of ether oxygens (including phenoxy) is 2. The van der Waals surface area contributed by atoms with Gasteiger partial charge in [0.25, 0.3) is 0 Å². The van der Waals surface area contributed by atoms with E-state index in [1.54, 1.807) is 6.92 Å². The maximum Gasteiger partial charge on any atom is 0.325 e. The van der Waals surface area contributed by atoms with Gasteiger partial charge in [-0.2, -0.15) is 0 Å². The van der Waals surface area contributed by atoms with Gasteiger partial charge in [-0.1, -0.05) is 26.7 Å². The summed E-state index contributed by atoms with van der Waals surface area (Å²) in [5.41, 5.74) is 5.73. The molecule has 0 aromatic carbocycles. The van der Waals surface area contributed by atoms with Gasteiger partial charge in [-0.3, -0.25) is 4.79 Å². The molecule has 96 valence electrons. The van der Waals surface area contributed by atoms with Gasteiger partial charge in [0.1, 0.15) is 6.04 Å². The molecule has 0 aromatic heterocycles. The largest absolute Gasteiger partial charge is 0.464 e. The second-order valence-electron chi connectivity index (χ2n) is 3.98. The van der Waals surface area contributed by atoms with Crippen LogP contribution in [0.1, 0.15) is 46.5 Å². The molecule has 2 atom stereocenters. The minimum absolute atomic E-state index is 0.277. The van der Waals surface area contributed by atoms with Crippen LogP contribution in [-0.2, 0) is 14.3 Å². The van der Waals surface area contributed by atoms with Crippen LogP contribution in [0.2, 0.25) is 0 Å². The summed E-state index contributed by atoms with van der Waals surface area (Å²) in [6.07, 6.45) is 3.67. The van der Waals surface area contributed by atoms with Crippen molar-refractivity contribution in [1.82, 2.24) is 0 Å². The molecule has 0 saturated heterocycles. The van der Waals surface area contributed by atoms with Crippen molar-refractivity contribution in [2.75, 3.05) is 13.2 Å². The van der Waals surface area contributed by atoms with E-state index in [9.17, 15) is 4.79 Å². The van der Waals surface area contributed by atoms with Gasteiger partial charge in [-0.05, 0) is 19.8 Å². The predicted octanol–water partition coefficient (Wildman–Crippen LogP) is 1.86. The van der Waals surface area contributed by atoms with Crippen LogP contribution < -0.4 is 5.73 Å². The van der Waals surface area contributed by atoms with Crippen molar-refractivity contribution in [3.8, 4) is 0 Å². The van der Waals surface area contributed by atoms with Gasteiger partial charge < -0.3 is 15.2 Å². The zero-order chi connectivity index (χ0) is 12.4. The van der Waals surface area contributed by atoms with E-state index in [-0.39, 0.29) is 12.1 Å². The Bertz CT molecular complexity index is 185. The minimum atomic E-state index is -0.672. The zero-order valence-electron chi connectivity index (χ0n) is 10.7. The summed E-state index contributed by atoms with van der Waals surface area (Å²) >= 11 is 0. The molecule has 4 heteroatoms. The fraction of sp³-hybridized carbons (Fsp3) is 0.917. The molecule has 0 aromatic rings. The third-order valence-corrected chi connectivity index (χ3v) is 2.40. The Balaban J connectivity index is 3.73. The van der Waals surface area contributed by atoms with Crippen LogP contribution >= 0.6 is 0 Å². The van der Waals surface area contributed by atoms with Gasteiger partial charge in [0, 0.05) is 6.61 Å². The number of unbranched alkanes of at least 4 members (excludes halogenated alkanes) is 2. The second-order valence-corrected chi connectivity index (χ2v) is 3.98. The van der Waals surface area contributed by atoms with Gasteiger partial charge in [0.2, 0.25) is 0 Å². The Labute approximate surface area is 98.5 Å². The highest BCUT2D eigenvalue weighted by Crippen LogP contribution is 2.01. The molecule has 4 nitrogen and oxygen atoms in total. The van der Waals surface area contributed by atoms with Gasteiger partial charge in [0.15, 0.2) is 0 Å². The molecule has 0 saturated carbocycles. The van der Waals surface area contributed by atoms with Crippen molar-refractivity contribution in [3.05, 3.63) is 0 Å². The standard InChI is InChI=1S/C12H25NO3/c1-4-6-8-15-10(3)11(13)12(14)16-9-7-5-2/h10-11H,4-9,13H2,1-3H3/t10-,11+/m1/s1. The summed E-state index contributed by atoms with van der Waals surface area (Å²) in [7, 11) is 0.